The number of hydrogen-bond acceptors (Lipinski definition) is 6. The number of hydrogen-bond donors (Lipinski definition) is 2. The van der Waals surface area contributed by atoms with Gasteiger partial charge in [-0.25, -0.2) is 9.97 Å². The molecule has 1 saturated heterocycles. The number of anilines is 1. The Hall–Kier alpha value is -1.92. The van der Waals surface area contributed by atoms with E-state index in [-0.39, 0.29) is 5.60 Å². The molecule has 0 bridgehead atoms. The summed E-state index contributed by atoms with van der Waals surface area (Å²) in [4.78, 5) is 9.66. The zero-order chi connectivity index (χ0) is 17.4. The molecule has 1 aliphatic carbocycles. The largest absolute Gasteiger partial charge is 0.461 e. The van der Waals surface area contributed by atoms with Gasteiger partial charge >= 0.3 is 0 Å². The molecule has 2 aromatic heterocycles. The molecule has 1 saturated carbocycles. The summed E-state index contributed by atoms with van der Waals surface area (Å²) in [5, 5.41) is 7.17. The predicted octanol–water partition coefficient (Wildman–Crippen LogP) is 2.94. The Labute approximate surface area is 153 Å². The van der Waals surface area contributed by atoms with E-state index < -0.39 is 0 Å². The van der Waals surface area contributed by atoms with Crippen molar-refractivity contribution in [3.05, 3.63) is 29.7 Å². The summed E-state index contributed by atoms with van der Waals surface area (Å²) in [5.74, 6) is 2.37. The Bertz CT molecular complexity index is 768. The lowest BCUT2D eigenvalue weighted by Crippen LogP contribution is -2.26. The predicted molar refractivity (Wildman–Crippen MR) is 99.2 cm³/mol. The first-order valence-corrected chi connectivity index (χ1v) is 9.86. The smallest absolute Gasteiger partial charge is 0.197 e. The van der Waals surface area contributed by atoms with Crippen molar-refractivity contribution in [1.82, 2.24) is 15.3 Å². The monoisotopic (exact) mass is 354 g/mol. The third-order valence-electron chi connectivity index (χ3n) is 5.99. The lowest BCUT2D eigenvalue weighted by Gasteiger charge is -2.22. The van der Waals surface area contributed by atoms with Gasteiger partial charge in [-0.05, 0) is 44.4 Å². The molecule has 6 nitrogen and oxygen atoms in total. The normalized spacial score (nSPS) is 24.5. The van der Waals surface area contributed by atoms with Crippen LogP contribution in [0.4, 0.5) is 5.82 Å². The summed E-state index contributed by atoms with van der Waals surface area (Å²) < 4.78 is 11.8. The second-order valence-electron chi connectivity index (χ2n) is 7.79. The SMILES string of the molecule is c1coc(-c2nc3c(c(N[C@H]4COC5(CCCC5)C4)n2)CCNCC3)c1. The Morgan fingerprint density at radius 3 is 2.88 bits per heavy atom. The number of aromatic nitrogens is 2. The molecule has 1 spiro atoms. The van der Waals surface area contributed by atoms with Crippen LogP contribution in [0.2, 0.25) is 0 Å². The Morgan fingerprint density at radius 2 is 2.04 bits per heavy atom. The molecule has 3 aliphatic rings. The maximum atomic E-state index is 6.22. The van der Waals surface area contributed by atoms with Gasteiger partial charge in [0.25, 0.3) is 0 Å². The topological polar surface area (TPSA) is 72.2 Å². The van der Waals surface area contributed by atoms with Gasteiger partial charge < -0.3 is 19.8 Å². The van der Waals surface area contributed by atoms with Gasteiger partial charge in [0, 0.05) is 18.5 Å². The van der Waals surface area contributed by atoms with E-state index in [1.165, 1.54) is 31.2 Å². The standard InChI is InChI=1S/C20H26N4O2/c1-2-8-20(7-1)12-14(13-26-20)22-18-15-5-9-21-10-6-16(15)23-19(24-18)17-4-3-11-25-17/h3-4,11,14,21H,1-2,5-10,12-13H2,(H,22,23,24)/t14-/m1/s1. The average Bonchev–Trinajstić information content (AvgIpc) is 3.37. The lowest BCUT2D eigenvalue weighted by atomic mass is 9.96. The maximum absolute atomic E-state index is 6.22. The van der Waals surface area contributed by atoms with Gasteiger partial charge in [-0.2, -0.15) is 0 Å². The van der Waals surface area contributed by atoms with Crippen molar-refractivity contribution in [3.8, 4) is 11.6 Å². The van der Waals surface area contributed by atoms with Crippen LogP contribution in [0.3, 0.4) is 0 Å². The third kappa shape index (κ3) is 3.01. The van der Waals surface area contributed by atoms with E-state index in [1.807, 2.05) is 12.1 Å². The number of nitrogens with one attached hydrogen (secondary N) is 2. The number of rotatable bonds is 3. The Morgan fingerprint density at radius 1 is 1.15 bits per heavy atom. The average molecular weight is 354 g/mol. The highest BCUT2D eigenvalue weighted by molar-refractivity contribution is 5.56. The van der Waals surface area contributed by atoms with Gasteiger partial charge in [-0.15, -0.1) is 0 Å². The highest BCUT2D eigenvalue weighted by atomic mass is 16.5. The van der Waals surface area contributed by atoms with Gasteiger partial charge in [-0.3, -0.25) is 0 Å². The molecule has 0 radical (unpaired) electrons. The zero-order valence-electron chi connectivity index (χ0n) is 15.1. The van der Waals surface area contributed by atoms with E-state index in [0.717, 1.165) is 56.2 Å². The zero-order valence-corrected chi connectivity index (χ0v) is 15.1. The molecule has 6 heteroatoms. The van der Waals surface area contributed by atoms with Gasteiger partial charge in [0.15, 0.2) is 11.6 Å². The second-order valence-corrected chi connectivity index (χ2v) is 7.79. The first kappa shape index (κ1) is 16.3. The molecule has 26 heavy (non-hydrogen) atoms. The van der Waals surface area contributed by atoms with Crippen LogP contribution in [0, 0.1) is 0 Å². The number of fused-ring (bicyclic) bond motifs is 1. The molecule has 0 aromatic carbocycles. The summed E-state index contributed by atoms with van der Waals surface area (Å²) in [7, 11) is 0. The van der Waals surface area contributed by atoms with Crippen LogP contribution in [-0.2, 0) is 17.6 Å². The minimum absolute atomic E-state index is 0.118. The maximum Gasteiger partial charge on any atom is 0.197 e. The van der Waals surface area contributed by atoms with Crippen molar-refractivity contribution in [2.75, 3.05) is 25.0 Å². The van der Waals surface area contributed by atoms with E-state index in [9.17, 15) is 0 Å². The van der Waals surface area contributed by atoms with E-state index in [1.54, 1.807) is 6.26 Å². The minimum Gasteiger partial charge on any atom is -0.461 e. The highest BCUT2D eigenvalue weighted by Gasteiger charge is 2.42. The molecule has 2 aromatic rings. The van der Waals surface area contributed by atoms with Crippen LogP contribution in [0.5, 0.6) is 0 Å². The summed E-state index contributed by atoms with van der Waals surface area (Å²) in [5.41, 5.74) is 2.50. The molecular formula is C20H26N4O2. The molecule has 2 N–H and O–H groups in total. The van der Waals surface area contributed by atoms with Crippen LogP contribution in [0.25, 0.3) is 11.6 Å². The molecule has 2 fully saturated rings. The van der Waals surface area contributed by atoms with Crippen molar-refractivity contribution in [2.45, 2.75) is 56.6 Å². The second kappa shape index (κ2) is 6.67. The first-order chi connectivity index (χ1) is 12.8. The van der Waals surface area contributed by atoms with Crippen molar-refractivity contribution < 1.29 is 9.15 Å². The van der Waals surface area contributed by atoms with Gasteiger partial charge in [-0.1, -0.05) is 12.8 Å². The van der Waals surface area contributed by atoms with E-state index in [2.05, 4.69) is 10.6 Å². The Balaban J connectivity index is 1.45. The van der Waals surface area contributed by atoms with Crippen molar-refractivity contribution in [2.24, 2.45) is 0 Å². The highest BCUT2D eigenvalue weighted by Crippen LogP contribution is 2.41. The fourth-order valence-corrected chi connectivity index (χ4v) is 4.68. The van der Waals surface area contributed by atoms with Gasteiger partial charge in [0.1, 0.15) is 5.82 Å². The molecule has 4 heterocycles. The number of nitrogens with zero attached hydrogens (tertiary/aromatic N) is 2. The van der Waals surface area contributed by atoms with Crippen LogP contribution in [0.15, 0.2) is 22.8 Å². The molecule has 1 atom stereocenters. The van der Waals surface area contributed by atoms with Crippen LogP contribution >= 0.6 is 0 Å². The third-order valence-corrected chi connectivity index (χ3v) is 5.99. The van der Waals surface area contributed by atoms with E-state index >= 15 is 0 Å². The number of furan rings is 1. The van der Waals surface area contributed by atoms with E-state index in [0.29, 0.717) is 11.9 Å². The fraction of sp³-hybridized carbons (Fsp3) is 0.600. The van der Waals surface area contributed by atoms with Gasteiger partial charge in [0.2, 0.25) is 0 Å². The summed E-state index contributed by atoms with van der Waals surface area (Å²) in [6, 6.07) is 4.13. The minimum atomic E-state index is 0.118. The van der Waals surface area contributed by atoms with Crippen LogP contribution in [-0.4, -0.2) is 41.3 Å². The number of ether oxygens (including phenoxy) is 1. The molecule has 0 amide bonds. The van der Waals surface area contributed by atoms with Crippen LogP contribution in [0.1, 0.15) is 43.4 Å². The molecule has 0 unspecified atom stereocenters. The Kier molecular flexibility index (Phi) is 4.17. The van der Waals surface area contributed by atoms with Crippen molar-refractivity contribution >= 4 is 5.82 Å². The quantitative estimate of drug-likeness (QED) is 0.883. The van der Waals surface area contributed by atoms with Crippen molar-refractivity contribution in [1.29, 1.82) is 0 Å². The van der Waals surface area contributed by atoms with Crippen LogP contribution < -0.4 is 10.6 Å². The summed E-state index contributed by atoms with van der Waals surface area (Å²) >= 11 is 0. The lowest BCUT2D eigenvalue weighted by molar-refractivity contribution is 0.0103. The molecule has 138 valence electrons. The van der Waals surface area contributed by atoms with Gasteiger partial charge in [0.05, 0.1) is 30.2 Å². The first-order valence-electron chi connectivity index (χ1n) is 9.86. The summed E-state index contributed by atoms with van der Waals surface area (Å²) in [6.07, 6.45) is 9.63. The fourth-order valence-electron chi connectivity index (χ4n) is 4.68. The van der Waals surface area contributed by atoms with E-state index in [4.69, 9.17) is 19.1 Å². The molecule has 2 aliphatic heterocycles. The molecular weight excluding hydrogens is 328 g/mol. The molecule has 5 rings (SSSR count). The van der Waals surface area contributed by atoms with Crippen molar-refractivity contribution in [3.63, 3.8) is 0 Å². The summed E-state index contributed by atoms with van der Waals surface area (Å²) in [6.45, 7) is 2.69.